The normalized spacial score (nSPS) is 14.4. The first-order chi connectivity index (χ1) is 12.5. The Bertz CT molecular complexity index is 1070. The molecular formula is C19H19N3O3S. The lowest BCUT2D eigenvalue weighted by Crippen LogP contribution is -2.29. The minimum atomic E-state index is -3.70. The summed E-state index contributed by atoms with van der Waals surface area (Å²) in [6, 6.07) is 14.6. The number of carbonyl (C=O) groups excluding carboxylic acids is 1. The van der Waals surface area contributed by atoms with E-state index < -0.39 is 10.2 Å². The Labute approximate surface area is 151 Å². The third-order valence-corrected chi connectivity index (χ3v) is 5.61. The van der Waals surface area contributed by atoms with Gasteiger partial charge in [-0.2, -0.15) is 13.1 Å². The number of aryl methyl sites for hydroxylation is 1. The highest BCUT2D eigenvalue weighted by Crippen LogP contribution is 2.30. The van der Waals surface area contributed by atoms with Crippen molar-refractivity contribution in [2.45, 2.75) is 25.8 Å². The van der Waals surface area contributed by atoms with Crippen LogP contribution in [0.25, 0.3) is 10.9 Å². The molecule has 3 N–H and O–H groups in total. The zero-order valence-electron chi connectivity index (χ0n) is 14.1. The number of Topliss-reactive ketones (excluding diaryl/α,β-unsaturated/α-hetero) is 1. The van der Waals surface area contributed by atoms with Crippen molar-refractivity contribution in [3.05, 3.63) is 65.4 Å². The Hall–Kier alpha value is -2.64. The number of benzene rings is 2. The summed E-state index contributed by atoms with van der Waals surface area (Å²) in [5, 5.41) is 0.980. The molecule has 1 aromatic heterocycles. The zero-order chi connectivity index (χ0) is 18.1. The number of ketones is 1. The largest absolute Gasteiger partial charge is 0.352 e. The fourth-order valence-corrected chi connectivity index (χ4v) is 4.20. The third-order valence-electron chi connectivity index (χ3n) is 4.58. The maximum Gasteiger partial charge on any atom is 0.299 e. The van der Waals surface area contributed by atoms with Crippen LogP contribution in [-0.2, 0) is 23.2 Å². The predicted octanol–water partition coefficient (Wildman–Crippen LogP) is 3.13. The molecule has 0 saturated heterocycles. The number of nitrogens with one attached hydrogen (secondary N) is 3. The van der Waals surface area contributed by atoms with Crippen LogP contribution in [0.4, 0.5) is 5.69 Å². The Morgan fingerprint density at radius 1 is 1.04 bits per heavy atom. The first-order valence-electron chi connectivity index (χ1n) is 8.51. The third kappa shape index (κ3) is 3.36. The maximum atomic E-state index is 12.3. The fraction of sp³-hybridized carbons (Fsp3) is 0.211. The highest BCUT2D eigenvalue weighted by atomic mass is 32.2. The average Bonchev–Trinajstić information content (AvgIpc) is 3.00. The van der Waals surface area contributed by atoms with Crippen molar-refractivity contribution in [3.63, 3.8) is 0 Å². The molecule has 0 amide bonds. The minimum absolute atomic E-state index is 0.120. The number of aromatic nitrogens is 1. The van der Waals surface area contributed by atoms with E-state index in [0.717, 1.165) is 34.9 Å². The molecule has 26 heavy (non-hydrogen) atoms. The second-order valence-corrected chi connectivity index (χ2v) is 7.93. The van der Waals surface area contributed by atoms with Crippen molar-refractivity contribution in [1.29, 1.82) is 0 Å². The van der Waals surface area contributed by atoms with E-state index in [1.165, 1.54) is 0 Å². The molecule has 0 fully saturated rings. The molecule has 1 aliphatic carbocycles. The summed E-state index contributed by atoms with van der Waals surface area (Å²) in [5.74, 6) is 0.120. The van der Waals surface area contributed by atoms with Gasteiger partial charge in [-0.1, -0.05) is 36.4 Å². The van der Waals surface area contributed by atoms with Crippen molar-refractivity contribution < 1.29 is 13.2 Å². The highest BCUT2D eigenvalue weighted by Gasteiger charge is 2.22. The first kappa shape index (κ1) is 16.8. The molecule has 4 rings (SSSR count). The number of rotatable bonds is 5. The molecule has 0 atom stereocenters. The summed E-state index contributed by atoms with van der Waals surface area (Å²) in [6.45, 7) is 0.212. The second kappa shape index (κ2) is 6.59. The van der Waals surface area contributed by atoms with Gasteiger partial charge in [0.1, 0.15) is 0 Å². The Morgan fingerprint density at radius 3 is 2.65 bits per heavy atom. The molecule has 0 aliphatic heterocycles. The molecule has 7 heteroatoms. The van der Waals surface area contributed by atoms with Crippen molar-refractivity contribution in [3.8, 4) is 0 Å². The van der Waals surface area contributed by atoms with E-state index >= 15 is 0 Å². The summed E-state index contributed by atoms with van der Waals surface area (Å²) in [7, 11) is -3.70. The summed E-state index contributed by atoms with van der Waals surface area (Å²) in [5.41, 5.74) is 3.79. The molecule has 6 nitrogen and oxygen atoms in total. The van der Waals surface area contributed by atoms with Gasteiger partial charge < -0.3 is 4.98 Å². The lowest BCUT2D eigenvalue weighted by molar-refractivity contribution is 0.0968. The van der Waals surface area contributed by atoms with Gasteiger partial charge in [0.25, 0.3) is 10.2 Å². The smallest absolute Gasteiger partial charge is 0.299 e. The van der Waals surface area contributed by atoms with Crippen LogP contribution in [0.15, 0.2) is 48.5 Å². The average molecular weight is 369 g/mol. The second-order valence-electron chi connectivity index (χ2n) is 6.43. The van der Waals surface area contributed by atoms with Crippen LogP contribution in [0, 0.1) is 0 Å². The lowest BCUT2D eigenvalue weighted by atomic mass is 9.95. The van der Waals surface area contributed by atoms with E-state index in [1.54, 1.807) is 12.1 Å². The molecule has 2 aromatic carbocycles. The van der Waals surface area contributed by atoms with E-state index in [1.807, 2.05) is 36.4 Å². The Balaban J connectivity index is 1.54. The van der Waals surface area contributed by atoms with Crippen molar-refractivity contribution in [2.75, 3.05) is 4.72 Å². The predicted molar refractivity (Wildman–Crippen MR) is 101 cm³/mol. The molecule has 3 aromatic rings. The van der Waals surface area contributed by atoms with Crippen LogP contribution in [0.3, 0.4) is 0 Å². The Kier molecular flexibility index (Phi) is 4.26. The van der Waals surface area contributed by atoms with Crippen LogP contribution in [-0.4, -0.2) is 19.2 Å². The number of aromatic amines is 1. The quantitative estimate of drug-likeness (QED) is 0.645. The maximum absolute atomic E-state index is 12.3. The van der Waals surface area contributed by atoms with Crippen molar-refractivity contribution in [2.24, 2.45) is 0 Å². The topological polar surface area (TPSA) is 91.1 Å². The standard InChI is InChI=1S/C19H19N3O3S/c23-18-8-4-7-16-15-10-9-14(11-17(15)21-19(16)18)22-26(24,25)20-12-13-5-2-1-3-6-13/h1-3,5-6,9-11,20-22H,4,7-8,12H2. The van der Waals surface area contributed by atoms with Gasteiger partial charge in [0, 0.05) is 23.9 Å². The zero-order valence-corrected chi connectivity index (χ0v) is 14.9. The van der Waals surface area contributed by atoms with Crippen LogP contribution in [0.1, 0.15) is 34.5 Å². The Morgan fingerprint density at radius 2 is 1.85 bits per heavy atom. The van der Waals surface area contributed by atoms with Crippen LogP contribution in [0.2, 0.25) is 0 Å². The minimum Gasteiger partial charge on any atom is -0.352 e. The molecule has 0 saturated carbocycles. The van der Waals surface area contributed by atoms with Gasteiger partial charge >= 0.3 is 0 Å². The van der Waals surface area contributed by atoms with Crippen molar-refractivity contribution in [1.82, 2.24) is 9.71 Å². The first-order valence-corrected chi connectivity index (χ1v) is 9.99. The van der Waals surface area contributed by atoms with Gasteiger partial charge in [-0.3, -0.25) is 9.52 Å². The molecule has 0 spiro atoms. The van der Waals surface area contributed by atoms with Gasteiger partial charge in [0.05, 0.1) is 11.4 Å². The molecule has 1 heterocycles. The SMILES string of the molecule is O=C1CCCc2c1[nH]c1cc(NS(=O)(=O)NCc3ccccc3)ccc21. The van der Waals surface area contributed by atoms with Gasteiger partial charge in [-0.05, 0) is 36.1 Å². The molecule has 1 aliphatic rings. The summed E-state index contributed by atoms with van der Waals surface area (Å²) >= 11 is 0. The molecule has 0 bridgehead atoms. The van der Waals surface area contributed by atoms with Crippen LogP contribution >= 0.6 is 0 Å². The number of hydrogen-bond acceptors (Lipinski definition) is 3. The monoisotopic (exact) mass is 369 g/mol. The molecular weight excluding hydrogens is 350 g/mol. The van der Waals surface area contributed by atoms with Gasteiger partial charge in [0.2, 0.25) is 0 Å². The van der Waals surface area contributed by atoms with Crippen molar-refractivity contribution >= 4 is 32.6 Å². The van der Waals surface area contributed by atoms with Crippen LogP contribution in [0.5, 0.6) is 0 Å². The molecule has 0 radical (unpaired) electrons. The number of hydrogen-bond donors (Lipinski definition) is 3. The number of carbonyl (C=O) groups is 1. The summed E-state index contributed by atoms with van der Waals surface area (Å²) in [4.78, 5) is 15.2. The van der Waals surface area contributed by atoms with E-state index in [2.05, 4.69) is 14.4 Å². The van der Waals surface area contributed by atoms with E-state index in [-0.39, 0.29) is 12.3 Å². The molecule has 134 valence electrons. The number of H-pyrrole nitrogens is 1. The number of anilines is 1. The summed E-state index contributed by atoms with van der Waals surface area (Å²) < 4.78 is 29.6. The molecule has 0 unspecified atom stereocenters. The summed E-state index contributed by atoms with van der Waals surface area (Å²) in [6.07, 6.45) is 2.28. The lowest BCUT2D eigenvalue weighted by Gasteiger charge is -2.10. The van der Waals surface area contributed by atoms with Crippen LogP contribution < -0.4 is 9.44 Å². The van der Waals surface area contributed by atoms with Gasteiger partial charge in [-0.15, -0.1) is 0 Å². The van der Waals surface area contributed by atoms with Gasteiger partial charge in [0.15, 0.2) is 5.78 Å². The highest BCUT2D eigenvalue weighted by molar-refractivity contribution is 7.90. The van der Waals surface area contributed by atoms with E-state index in [9.17, 15) is 13.2 Å². The fourth-order valence-electron chi connectivity index (χ4n) is 3.33. The van der Waals surface area contributed by atoms with Gasteiger partial charge in [-0.25, -0.2) is 0 Å². The van der Waals surface area contributed by atoms with E-state index in [0.29, 0.717) is 17.8 Å². The number of fused-ring (bicyclic) bond motifs is 3. The van der Waals surface area contributed by atoms with E-state index in [4.69, 9.17) is 0 Å².